The third-order valence-corrected chi connectivity index (χ3v) is 9.33. The molecular weight excluding hydrogens is 762 g/mol. The van der Waals surface area contributed by atoms with E-state index in [0.717, 1.165) is 77.0 Å². The van der Waals surface area contributed by atoms with E-state index in [4.69, 9.17) is 24.3 Å². The monoisotopic (exact) mass is 840 g/mol. The summed E-state index contributed by atoms with van der Waals surface area (Å²) in [6, 6.07) is 0. The fourth-order valence-electron chi connectivity index (χ4n) is 5.11. The van der Waals surface area contributed by atoms with Gasteiger partial charge in [-0.15, -0.1) is 0 Å². The molecule has 2 atom stereocenters. The van der Waals surface area contributed by atoms with Crippen LogP contribution in [0.25, 0.3) is 0 Å². The molecular formula is C49H78NO8P. The van der Waals surface area contributed by atoms with E-state index < -0.39 is 32.5 Å². The van der Waals surface area contributed by atoms with Crippen LogP contribution < -0.4 is 5.73 Å². The van der Waals surface area contributed by atoms with Crippen LogP contribution in [0.1, 0.15) is 142 Å². The summed E-state index contributed by atoms with van der Waals surface area (Å²) in [5.74, 6) is -0.977. The van der Waals surface area contributed by atoms with Crippen LogP contribution in [0.15, 0.2) is 122 Å². The van der Waals surface area contributed by atoms with Crippen molar-refractivity contribution in [3.8, 4) is 0 Å². The maximum Gasteiger partial charge on any atom is 0.472 e. The molecule has 0 saturated heterocycles. The predicted molar refractivity (Wildman–Crippen MR) is 247 cm³/mol. The highest BCUT2D eigenvalue weighted by atomic mass is 31.2. The molecule has 0 spiro atoms. The molecule has 0 rings (SSSR count). The summed E-state index contributed by atoms with van der Waals surface area (Å²) in [6.45, 7) is 3.43. The second-order valence-electron chi connectivity index (χ2n) is 13.8. The van der Waals surface area contributed by atoms with E-state index in [1.165, 1.54) is 25.7 Å². The van der Waals surface area contributed by atoms with E-state index in [2.05, 4.69) is 123 Å². The average molecular weight is 840 g/mol. The molecule has 1 unspecified atom stereocenters. The van der Waals surface area contributed by atoms with Crippen molar-refractivity contribution in [3.63, 3.8) is 0 Å². The van der Waals surface area contributed by atoms with Crippen molar-refractivity contribution in [1.29, 1.82) is 0 Å². The molecule has 0 heterocycles. The summed E-state index contributed by atoms with van der Waals surface area (Å²) in [5, 5.41) is 0. The molecule has 0 amide bonds. The van der Waals surface area contributed by atoms with E-state index in [-0.39, 0.29) is 32.6 Å². The molecule has 0 aromatic rings. The number of hydrogen-bond donors (Lipinski definition) is 2. The van der Waals surface area contributed by atoms with Crippen molar-refractivity contribution in [2.75, 3.05) is 26.4 Å². The van der Waals surface area contributed by atoms with E-state index >= 15 is 0 Å². The second kappa shape index (κ2) is 44.0. The Bertz CT molecular complexity index is 1370. The Morgan fingerprint density at radius 3 is 1.42 bits per heavy atom. The Morgan fingerprint density at radius 2 is 0.966 bits per heavy atom. The van der Waals surface area contributed by atoms with Gasteiger partial charge in [0, 0.05) is 19.4 Å². The smallest absolute Gasteiger partial charge is 0.462 e. The fraction of sp³-hybridized carbons (Fsp3) is 0.551. The second-order valence-corrected chi connectivity index (χ2v) is 15.3. The van der Waals surface area contributed by atoms with Gasteiger partial charge in [-0.05, 0) is 96.3 Å². The van der Waals surface area contributed by atoms with Gasteiger partial charge < -0.3 is 20.1 Å². The van der Waals surface area contributed by atoms with Gasteiger partial charge in [0.05, 0.1) is 13.2 Å². The van der Waals surface area contributed by atoms with Crippen molar-refractivity contribution in [2.24, 2.45) is 5.73 Å². The van der Waals surface area contributed by atoms with Gasteiger partial charge in [-0.25, -0.2) is 4.57 Å². The summed E-state index contributed by atoms with van der Waals surface area (Å²) in [7, 11) is -4.42. The first-order chi connectivity index (χ1) is 28.8. The summed E-state index contributed by atoms with van der Waals surface area (Å²) < 4.78 is 32.7. The highest BCUT2D eigenvalue weighted by Crippen LogP contribution is 2.43. The minimum atomic E-state index is -4.42. The van der Waals surface area contributed by atoms with Gasteiger partial charge in [0.1, 0.15) is 6.61 Å². The third kappa shape index (κ3) is 43.8. The first-order valence-electron chi connectivity index (χ1n) is 22.0. The molecule has 332 valence electrons. The van der Waals surface area contributed by atoms with Crippen molar-refractivity contribution >= 4 is 19.8 Å². The largest absolute Gasteiger partial charge is 0.472 e. The maximum atomic E-state index is 12.6. The highest BCUT2D eigenvalue weighted by molar-refractivity contribution is 7.47. The van der Waals surface area contributed by atoms with Crippen LogP contribution in [0, 0.1) is 0 Å². The Morgan fingerprint density at radius 1 is 0.525 bits per heavy atom. The normalized spacial score (nSPS) is 14.4. The number of ether oxygens (including phenoxy) is 2. The van der Waals surface area contributed by atoms with Crippen LogP contribution in [0.3, 0.4) is 0 Å². The topological polar surface area (TPSA) is 134 Å². The first-order valence-corrected chi connectivity index (χ1v) is 23.5. The predicted octanol–water partition coefficient (Wildman–Crippen LogP) is 12.9. The number of esters is 2. The quantitative estimate of drug-likeness (QED) is 0.0268. The van der Waals surface area contributed by atoms with E-state index in [1.54, 1.807) is 0 Å². The number of hydrogen-bond acceptors (Lipinski definition) is 8. The minimum Gasteiger partial charge on any atom is -0.462 e. The molecule has 3 N–H and O–H groups in total. The number of phosphoric acid groups is 1. The number of carbonyl (C=O) groups excluding carboxylic acids is 2. The molecule has 0 saturated carbocycles. The standard InChI is InChI=1S/C49H78NO8P/c1-3-5-7-9-11-13-15-17-19-21-23-25-27-29-31-33-35-37-39-41-48(51)55-45-47(46-57-59(53,54)56-44-43-50)58-49(52)42-40-38-36-34-32-30-28-26-24-22-20-18-16-14-12-10-8-6-4-2/h6,8,11-14,17-20,23-26,29-32,36,38,47H,3-5,7,9-10,15-16,21-22,27-28,33-35,37,39-46,50H2,1-2H3,(H,53,54)/b8-6-,13-11-,14-12-,19-17-,20-18-,25-23-,26-24-,31-29-,32-30-,38-36-/t47-/m1/s1. The van der Waals surface area contributed by atoms with Gasteiger partial charge in [0.2, 0.25) is 0 Å². The van der Waals surface area contributed by atoms with Gasteiger partial charge in [-0.2, -0.15) is 0 Å². The molecule has 0 bridgehead atoms. The van der Waals surface area contributed by atoms with Gasteiger partial charge in [-0.3, -0.25) is 18.6 Å². The van der Waals surface area contributed by atoms with Gasteiger partial charge in [0.25, 0.3) is 0 Å². The zero-order valence-electron chi connectivity index (χ0n) is 36.4. The molecule has 0 aliphatic carbocycles. The number of unbranched alkanes of at least 4 members (excludes halogenated alkanes) is 6. The molecule has 10 heteroatoms. The summed E-state index contributed by atoms with van der Waals surface area (Å²) >= 11 is 0. The Labute approximate surface area is 358 Å². The number of phosphoric ester groups is 1. The minimum absolute atomic E-state index is 0.0299. The lowest BCUT2D eigenvalue weighted by molar-refractivity contribution is -0.161. The lowest BCUT2D eigenvalue weighted by atomic mass is 10.1. The zero-order valence-corrected chi connectivity index (χ0v) is 37.3. The molecule has 0 radical (unpaired) electrons. The van der Waals surface area contributed by atoms with Crippen molar-refractivity contribution in [2.45, 2.75) is 148 Å². The highest BCUT2D eigenvalue weighted by Gasteiger charge is 2.25. The zero-order chi connectivity index (χ0) is 43.2. The van der Waals surface area contributed by atoms with E-state index in [0.29, 0.717) is 12.8 Å². The van der Waals surface area contributed by atoms with E-state index in [1.807, 2.05) is 12.2 Å². The number of allylic oxidation sites excluding steroid dienone is 20. The van der Waals surface area contributed by atoms with Crippen molar-refractivity contribution in [3.05, 3.63) is 122 Å². The van der Waals surface area contributed by atoms with Crippen LogP contribution in [0.4, 0.5) is 0 Å². The van der Waals surface area contributed by atoms with Gasteiger partial charge in [0.15, 0.2) is 6.10 Å². The number of carbonyl (C=O) groups is 2. The lowest BCUT2D eigenvalue weighted by Gasteiger charge is -2.19. The molecule has 0 aromatic carbocycles. The van der Waals surface area contributed by atoms with Crippen LogP contribution in [-0.2, 0) is 32.7 Å². The molecule has 0 aromatic heterocycles. The van der Waals surface area contributed by atoms with Gasteiger partial charge >= 0.3 is 19.8 Å². The number of nitrogens with two attached hydrogens (primary N) is 1. The Balaban J connectivity index is 4.37. The van der Waals surface area contributed by atoms with E-state index in [9.17, 15) is 19.0 Å². The first kappa shape index (κ1) is 55.4. The summed E-state index contributed by atoms with van der Waals surface area (Å²) in [4.78, 5) is 34.9. The lowest BCUT2D eigenvalue weighted by Crippen LogP contribution is -2.29. The summed E-state index contributed by atoms with van der Waals surface area (Å²) in [6.07, 6.45) is 59.6. The van der Waals surface area contributed by atoms with Crippen molar-refractivity contribution < 1.29 is 37.6 Å². The fourth-order valence-corrected chi connectivity index (χ4v) is 5.88. The number of rotatable bonds is 39. The van der Waals surface area contributed by atoms with Gasteiger partial charge in [-0.1, -0.05) is 155 Å². The molecule has 59 heavy (non-hydrogen) atoms. The summed E-state index contributed by atoms with van der Waals surface area (Å²) in [5.41, 5.74) is 5.34. The van der Waals surface area contributed by atoms with Crippen LogP contribution in [0.5, 0.6) is 0 Å². The van der Waals surface area contributed by atoms with Crippen LogP contribution >= 0.6 is 7.82 Å². The van der Waals surface area contributed by atoms with Crippen LogP contribution in [0.2, 0.25) is 0 Å². The molecule has 0 aliphatic rings. The Kier molecular flexibility index (Phi) is 41.3. The average Bonchev–Trinajstić information content (AvgIpc) is 3.22. The molecule has 9 nitrogen and oxygen atoms in total. The Hall–Kier alpha value is -3.59. The SMILES string of the molecule is CC/C=C\C/C=C\C/C=C\C/C=C\C/C=C\C/C=C\CCC(=O)O[C@H](COC(=O)CCCCC/C=C\C/C=C\C/C=C\C/C=C\CCCCC)COP(=O)(O)OCCN. The third-order valence-electron chi connectivity index (χ3n) is 8.35. The molecule has 0 aliphatic heterocycles. The van der Waals surface area contributed by atoms with Crippen molar-refractivity contribution in [1.82, 2.24) is 0 Å². The van der Waals surface area contributed by atoms with Crippen LogP contribution in [-0.4, -0.2) is 49.3 Å². The molecule has 0 fully saturated rings. The maximum absolute atomic E-state index is 12.6.